The molecular weight excluding hydrogens is 381 g/mol. The first kappa shape index (κ1) is 18.2. The fraction of sp³-hybridized carbons (Fsp3) is 0.562. The van der Waals surface area contributed by atoms with Crippen LogP contribution in [0, 0.1) is 13.8 Å². The normalized spacial score (nSPS) is 16.3. The SMILES string of the molecule is Cc1c(Sc2nnc(C3CCCCC3)o2)nn2c(C(F)(F)F)nnc2c1C. The summed E-state index contributed by atoms with van der Waals surface area (Å²) in [6, 6.07) is 0. The standard InChI is InChI=1S/C16H17F3N6OS/c1-8-9(2)13(24-25-11(8)20-22-14(25)16(17,18)19)27-15-23-21-12(26-15)10-6-4-3-5-7-10/h10H,3-7H2,1-2H3. The van der Waals surface area contributed by atoms with E-state index >= 15 is 0 Å². The molecule has 0 atom stereocenters. The smallest absolute Gasteiger partial charge is 0.415 e. The third kappa shape index (κ3) is 3.40. The van der Waals surface area contributed by atoms with Crippen LogP contribution in [-0.2, 0) is 6.18 Å². The number of nitrogens with zero attached hydrogens (tertiary/aromatic N) is 6. The largest absolute Gasteiger partial charge is 0.453 e. The molecule has 1 aliphatic rings. The number of fused-ring (bicyclic) bond motifs is 1. The van der Waals surface area contributed by atoms with Gasteiger partial charge in [-0.2, -0.15) is 22.8 Å². The van der Waals surface area contributed by atoms with Crippen LogP contribution < -0.4 is 0 Å². The number of aryl methyl sites for hydroxylation is 1. The van der Waals surface area contributed by atoms with Crippen molar-refractivity contribution >= 4 is 17.4 Å². The average Bonchev–Trinajstić information content (AvgIpc) is 3.27. The second kappa shape index (κ2) is 6.77. The topological polar surface area (TPSA) is 82.0 Å². The summed E-state index contributed by atoms with van der Waals surface area (Å²) in [7, 11) is 0. The Kier molecular flexibility index (Phi) is 4.57. The molecule has 0 amide bonds. The Labute approximate surface area is 156 Å². The van der Waals surface area contributed by atoms with Gasteiger partial charge in [0.05, 0.1) is 0 Å². The lowest BCUT2D eigenvalue weighted by Gasteiger charge is -2.17. The molecule has 1 fully saturated rings. The second-order valence-electron chi connectivity index (χ2n) is 6.66. The summed E-state index contributed by atoms with van der Waals surface area (Å²) >= 11 is 1.06. The molecule has 0 saturated heterocycles. The van der Waals surface area contributed by atoms with Gasteiger partial charge in [0.25, 0.3) is 11.0 Å². The molecule has 0 N–H and O–H groups in total. The average molecular weight is 398 g/mol. The van der Waals surface area contributed by atoms with Crippen molar-refractivity contribution in [3.05, 3.63) is 22.8 Å². The first-order valence-corrected chi connectivity index (χ1v) is 9.47. The number of hydrogen-bond donors (Lipinski definition) is 0. The maximum absolute atomic E-state index is 13.1. The van der Waals surface area contributed by atoms with Gasteiger partial charge < -0.3 is 4.42 Å². The van der Waals surface area contributed by atoms with E-state index in [2.05, 4.69) is 25.5 Å². The van der Waals surface area contributed by atoms with Gasteiger partial charge in [-0.25, -0.2) is 0 Å². The maximum Gasteiger partial charge on any atom is 0.453 e. The molecule has 144 valence electrons. The monoisotopic (exact) mass is 398 g/mol. The van der Waals surface area contributed by atoms with Crippen molar-refractivity contribution in [1.82, 2.24) is 30.0 Å². The molecule has 7 nitrogen and oxygen atoms in total. The van der Waals surface area contributed by atoms with Crippen LogP contribution in [0.3, 0.4) is 0 Å². The van der Waals surface area contributed by atoms with E-state index in [0.29, 0.717) is 22.0 Å². The molecule has 0 unspecified atom stereocenters. The molecular formula is C16H17F3N6OS. The number of rotatable bonds is 3. The van der Waals surface area contributed by atoms with E-state index < -0.39 is 12.0 Å². The van der Waals surface area contributed by atoms with Gasteiger partial charge in [-0.15, -0.1) is 20.4 Å². The highest BCUT2D eigenvalue weighted by molar-refractivity contribution is 7.99. The van der Waals surface area contributed by atoms with Crippen LogP contribution >= 0.6 is 11.8 Å². The van der Waals surface area contributed by atoms with Crippen molar-refractivity contribution in [2.24, 2.45) is 0 Å². The molecule has 11 heteroatoms. The summed E-state index contributed by atoms with van der Waals surface area (Å²) in [5.74, 6) is -0.308. The van der Waals surface area contributed by atoms with Crippen LogP contribution in [0.25, 0.3) is 5.65 Å². The molecule has 1 aliphatic carbocycles. The van der Waals surface area contributed by atoms with E-state index in [1.807, 2.05) is 0 Å². The fourth-order valence-electron chi connectivity index (χ4n) is 3.23. The predicted octanol–water partition coefficient (Wildman–Crippen LogP) is 4.34. The molecule has 0 radical (unpaired) electrons. The summed E-state index contributed by atoms with van der Waals surface area (Å²) < 4.78 is 45.9. The van der Waals surface area contributed by atoms with Crippen molar-refractivity contribution in [2.75, 3.05) is 0 Å². The van der Waals surface area contributed by atoms with Crippen LogP contribution in [-0.4, -0.2) is 30.0 Å². The van der Waals surface area contributed by atoms with E-state index in [0.717, 1.165) is 42.0 Å². The Morgan fingerprint density at radius 1 is 1.00 bits per heavy atom. The highest BCUT2D eigenvalue weighted by Gasteiger charge is 2.38. The lowest BCUT2D eigenvalue weighted by atomic mass is 9.89. The van der Waals surface area contributed by atoms with Crippen molar-refractivity contribution in [3.8, 4) is 0 Å². The highest BCUT2D eigenvalue weighted by atomic mass is 32.2. The van der Waals surface area contributed by atoms with Gasteiger partial charge in [0.15, 0.2) is 5.65 Å². The quantitative estimate of drug-likeness (QED) is 0.649. The number of halogens is 3. The van der Waals surface area contributed by atoms with Gasteiger partial charge >= 0.3 is 6.18 Å². The van der Waals surface area contributed by atoms with Crippen LogP contribution in [0.2, 0.25) is 0 Å². The summed E-state index contributed by atoms with van der Waals surface area (Å²) in [6.45, 7) is 3.46. The first-order valence-electron chi connectivity index (χ1n) is 8.65. The lowest BCUT2D eigenvalue weighted by Crippen LogP contribution is -2.13. The lowest BCUT2D eigenvalue weighted by molar-refractivity contribution is -0.146. The molecule has 3 heterocycles. The van der Waals surface area contributed by atoms with Crippen molar-refractivity contribution in [2.45, 2.75) is 68.3 Å². The van der Waals surface area contributed by atoms with Crippen LogP contribution in [0.5, 0.6) is 0 Å². The second-order valence-corrected chi connectivity index (χ2v) is 7.60. The van der Waals surface area contributed by atoms with Crippen molar-refractivity contribution in [1.29, 1.82) is 0 Å². The predicted molar refractivity (Wildman–Crippen MR) is 89.5 cm³/mol. The van der Waals surface area contributed by atoms with E-state index in [1.165, 1.54) is 6.42 Å². The Balaban J connectivity index is 1.67. The summed E-state index contributed by atoms with van der Waals surface area (Å²) in [6.07, 6.45) is 0.887. The molecule has 4 rings (SSSR count). The zero-order valence-electron chi connectivity index (χ0n) is 14.7. The third-order valence-corrected chi connectivity index (χ3v) is 5.79. The number of hydrogen-bond acceptors (Lipinski definition) is 7. The third-order valence-electron chi connectivity index (χ3n) is 4.86. The molecule has 0 bridgehead atoms. The van der Waals surface area contributed by atoms with Crippen molar-refractivity contribution in [3.63, 3.8) is 0 Å². The first-order chi connectivity index (χ1) is 12.8. The Morgan fingerprint density at radius 3 is 2.44 bits per heavy atom. The summed E-state index contributed by atoms with van der Waals surface area (Å²) in [5.41, 5.74) is 1.35. The molecule has 27 heavy (non-hydrogen) atoms. The van der Waals surface area contributed by atoms with Crippen LogP contribution in [0.1, 0.15) is 60.9 Å². The molecule has 1 saturated carbocycles. The van der Waals surface area contributed by atoms with Crippen molar-refractivity contribution < 1.29 is 17.6 Å². The fourth-order valence-corrected chi connectivity index (χ4v) is 4.04. The molecule has 0 aliphatic heterocycles. The van der Waals surface area contributed by atoms with Gasteiger partial charge in [-0.05, 0) is 44.0 Å². The number of alkyl halides is 3. The van der Waals surface area contributed by atoms with E-state index in [9.17, 15) is 13.2 Å². The molecule has 0 aromatic carbocycles. The number of aromatic nitrogens is 6. The Hall–Kier alpha value is -2.17. The minimum atomic E-state index is -4.64. The Bertz CT molecular complexity index is 977. The van der Waals surface area contributed by atoms with E-state index in [4.69, 9.17) is 4.42 Å². The maximum atomic E-state index is 13.1. The minimum absolute atomic E-state index is 0.0811. The summed E-state index contributed by atoms with van der Waals surface area (Å²) in [5, 5.41) is 19.7. The van der Waals surface area contributed by atoms with Gasteiger partial charge in [-0.3, -0.25) is 0 Å². The zero-order chi connectivity index (χ0) is 19.2. The van der Waals surface area contributed by atoms with Gasteiger partial charge in [-0.1, -0.05) is 19.3 Å². The molecule has 3 aromatic rings. The van der Waals surface area contributed by atoms with E-state index in [-0.39, 0.29) is 16.8 Å². The minimum Gasteiger partial charge on any atom is -0.415 e. The van der Waals surface area contributed by atoms with E-state index in [1.54, 1.807) is 13.8 Å². The van der Waals surface area contributed by atoms with Gasteiger partial charge in [0.2, 0.25) is 5.89 Å². The zero-order valence-corrected chi connectivity index (χ0v) is 15.6. The summed E-state index contributed by atoms with van der Waals surface area (Å²) in [4.78, 5) is 0. The van der Waals surface area contributed by atoms with Crippen LogP contribution in [0.4, 0.5) is 13.2 Å². The van der Waals surface area contributed by atoms with Gasteiger partial charge in [0, 0.05) is 11.5 Å². The Morgan fingerprint density at radius 2 is 1.74 bits per heavy atom. The highest BCUT2D eigenvalue weighted by Crippen LogP contribution is 2.36. The van der Waals surface area contributed by atoms with Crippen LogP contribution in [0.15, 0.2) is 14.7 Å². The van der Waals surface area contributed by atoms with Gasteiger partial charge in [0.1, 0.15) is 5.03 Å². The molecule has 3 aromatic heterocycles. The molecule has 0 spiro atoms.